The third-order valence-electron chi connectivity index (χ3n) is 15.8. The van der Waals surface area contributed by atoms with Crippen LogP contribution >= 0.6 is 0 Å². The first-order valence-electron chi connectivity index (χ1n) is 27.6. The Morgan fingerprint density at radius 1 is 0.229 bits per heavy atom. The minimum atomic E-state index is -6.13. The molecule has 0 atom stereocenters. The van der Waals surface area contributed by atoms with E-state index in [1.54, 1.807) is 0 Å². The van der Waals surface area contributed by atoms with Gasteiger partial charge in [0.2, 0.25) is 0 Å². The van der Waals surface area contributed by atoms with Crippen LogP contribution in [-0.2, 0) is 49.4 Å². The molecule has 2 aromatic heterocycles. The molecule has 0 aliphatic heterocycles. The molecule has 0 saturated carbocycles. The van der Waals surface area contributed by atoms with Gasteiger partial charge in [0.25, 0.3) is 0 Å². The topological polar surface area (TPSA) is 26.3 Å². The maximum atomic E-state index is 14.2. The minimum absolute atomic E-state index is 0.623. The summed E-state index contributed by atoms with van der Waals surface area (Å²) in [6.45, 7) is 0. The fourth-order valence-electron chi connectivity index (χ4n) is 11.7. The van der Waals surface area contributed by atoms with Crippen LogP contribution in [0.4, 0.5) is 105 Å². The largest absolute Gasteiger partial charge is 0.443 e. The van der Waals surface area contributed by atoms with Crippen LogP contribution in [-0.4, -0.2) is 6.15 Å². The van der Waals surface area contributed by atoms with Crippen LogP contribution in [0.3, 0.4) is 0 Å². The maximum Gasteiger partial charge on any atom is 0.443 e. The SMILES string of the molecule is FC(F)(F)c1cc([B-](c2cc(C(F)(F)F)cc(C(F)(F)F)c2)(c2cc(C(F)(F)F)cc(C(F)(F)F)c2)c2cc(C(F)(F)F)cc(C(F)(F)F)c2)cc(C(F)(F)F)c1.c1ccc2c(-c3ccc([I+]c4ccc(-c5c6ccccc6cc6ccccc56)o4)o3)c3ccccc3cc2c1. The van der Waals surface area contributed by atoms with E-state index in [0.717, 1.165) is 30.2 Å². The van der Waals surface area contributed by atoms with Gasteiger partial charge in [0.05, 0.1) is 44.5 Å². The Bertz CT molecular complexity index is 4240. The number of alkyl halides is 24. The lowest BCUT2D eigenvalue weighted by molar-refractivity contribution is -0.635. The number of hydrogen-bond donors (Lipinski definition) is 0. The molecule has 2 heterocycles. The maximum absolute atomic E-state index is 14.2. The van der Waals surface area contributed by atoms with Crippen molar-refractivity contribution < 1.29 is 135 Å². The molecule has 28 heteroatoms. The minimum Gasteiger partial charge on any atom is -0.418 e. The first-order valence-corrected chi connectivity index (χ1v) is 29.8. The van der Waals surface area contributed by atoms with Gasteiger partial charge in [-0.25, -0.2) is 0 Å². The Morgan fingerprint density at radius 2 is 0.427 bits per heavy atom. The molecule has 0 saturated heterocycles. The zero-order valence-electron chi connectivity index (χ0n) is 47.5. The molecule has 0 N–H and O–H groups in total. The lowest BCUT2D eigenvalue weighted by Crippen LogP contribution is -3.61. The van der Waals surface area contributed by atoms with Gasteiger partial charge in [-0.2, -0.15) is 127 Å². The van der Waals surface area contributed by atoms with E-state index >= 15 is 0 Å². The second-order valence-electron chi connectivity index (χ2n) is 21.9. The van der Waals surface area contributed by atoms with Crippen LogP contribution in [0, 0.1) is 7.53 Å². The molecular weight excluding hydrogens is 1440 g/mol. The first-order chi connectivity index (χ1) is 44.6. The molecule has 12 aromatic rings. The highest BCUT2D eigenvalue weighted by molar-refractivity contribution is 7.20. The lowest BCUT2D eigenvalue weighted by atomic mass is 9.12. The number of hydrogen-bond acceptors (Lipinski definition) is 2. The van der Waals surface area contributed by atoms with Gasteiger partial charge in [0, 0.05) is 23.3 Å². The van der Waals surface area contributed by atoms with Crippen molar-refractivity contribution in [1.29, 1.82) is 0 Å². The molecular formula is C68H34BF24IO2. The van der Waals surface area contributed by atoms with Crippen molar-refractivity contribution in [3.8, 4) is 22.6 Å². The molecule has 496 valence electrons. The molecule has 0 radical (unpaired) electrons. The third-order valence-corrected chi connectivity index (χ3v) is 18.0. The predicted molar refractivity (Wildman–Crippen MR) is 306 cm³/mol. The smallest absolute Gasteiger partial charge is 0.418 e. The summed E-state index contributed by atoms with van der Waals surface area (Å²) in [6, 6.07) is 38.3. The molecule has 96 heavy (non-hydrogen) atoms. The highest BCUT2D eigenvalue weighted by Gasteiger charge is 2.47. The van der Waals surface area contributed by atoms with Gasteiger partial charge in [0.15, 0.2) is 0 Å². The Hall–Kier alpha value is -9.09. The van der Waals surface area contributed by atoms with E-state index < -0.39 is 216 Å². The Labute approximate surface area is 534 Å². The summed E-state index contributed by atoms with van der Waals surface area (Å²) < 4.78 is 356. The van der Waals surface area contributed by atoms with Crippen molar-refractivity contribution >= 4 is 71.1 Å². The van der Waals surface area contributed by atoms with Crippen LogP contribution in [0.2, 0.25) is 0 Å². The van der Waals surface area contributed by atoms with Crippen molar-refractivity contribution in [3.63, 3.8) is 0 Å². The van der Waals surface area contributed by atoms with E-state index in [1.807, 2.05) is 0 Å². The third kappa shape index (κ3) is 13.7. The highest BCUT2D eigenvalue weighted by atomic mass is 127. The monoisotopic (exact) mass is 1480 g/mol. The van der Waals surface area contributed by atoms with Gasteiger partial charge in [-0.05, 0) is 91.6 Å². The number of rotatable bonds is 8. The van der Waals surface area contributed by atoms with Crippen LogP contribution in [0.1, 0.15) is 44.5 Å². The zero-order valence-corrected chi connectivity index (χ0v) is 49.6. The number of fused-ring (bicyclic) bond motifs is 4. The number of furan rings is 2. The Morgan fingerprint density at radius 3 is 0.625 bits per heavy atom. The summed E-state index contributed by atoms with van der Waals surface area (Å²) >= 11 is -0.623. The first kappa shape index (κ1) is 68.3. The van der Waals surface area contributed by atoms with E-state index in [9.17, 15) is 105 Å². The van der Waals surface area contributed by atoms with Gasteiger partial charge < -0.3 is 8.83 Å². The summed E-state index contributed by atoms with van der Waals surface area (Å²) in [5.41, 5.74) is -27.9. The second kappa shape index (κ2) is 24.2. The fraction of sp³-hybridized carbons (Fsp3) is 0.118. The summed E-state index contributed by atoms with van der Waals surface area (Å²) in [6.07, 6.45) is -54.8. The van der Waals surface area contributed by atoms with Crippen LogP contribution in [0.5, 0.6) is 0 Å². The molecule has 0 unspecified atom stereocenters. The molecule has 0 amide bonds. The van der Waals surface area contributed by atoms with Crippen molar-refractivity contribution in [2.45, 2.75) is 49.4 Å². The van der Waals surface area contributed by atoms with Gasteiger partial charge >= 0.3 is 78.1 Å². The van der Waals surface area contributed by atoms with Crippen LogP contribution in [0.15, 0.2) is 215 Å². The average molecular weight is 1480 g/mol. The van der Waals surface area contributed by atoms with Gasteiger partial charge in [-0.15, -0.1) is 0 Å². The highest BCUT2D eigenvalue weighted by Crippen LogP contribution is 2.44. The zero-order chi connectivity index (χ0) is 69.7. The standard InChI is InChI=1S/C36H22IO2.C32H12BF24/c1-5-13-27-23(9-1)21-24-10-2-6-14-28(24)35(27)31-17-19-33(38-31)37-34-20-18-32(39-34)36-29-15-7-3-11-25(29)22-26-12-4-8-16-30(26)36;34-25(35,36)13-1-14(26(37,38)39)6-21(5-13)33(22-7-15(27(40,41)42)2-16(8-22)28(43,44)45,23-9-17(29(46,47)48)3-18(10-23)30(49,50)51)24-11-19(31(52,53)54)4-20(12-24)32(55,56)57/h1-22H;1-12H/q+1;-1. The predicted octanol–water partition coefficient (Wildman–Crippen LogP) is 18.2. The molecule has 12 rings (SSSR count). The van der Waals surface area contributed by atoms with E-state index in [1.165, 1.54) is 43.1 Å². The summed E-state index contributed by atoms with van der Waals surface area (Å²) in [4.78, 5) is 0. The normalized spacial score (nSPS) is 13.2. The average Bonchev–Trinajstić information content (AvgIpc) is 0.878. The summed E-state index contributed by atoms with van der Waals surface area (Å²) in [5, 5.41) is 9.70. The van der Waals surface area contributed by atoms with Gasteiger partial charge in [-0.1, -0.05) is 146 Å². The lowest BCUT2D eigenvalue weighted by Gasteiger charge is -2.46. The fourth-order valence-corrected chi connectivity index (χ4v) is 13.7. The molecule has 0 spiro atoms. The van der Waals surface area contributed by atoms with Crippen molar-refractivity contribution in [2.24, 2.45) is 0 Å². The summed E-state index contributed by atoms with van der Waals surface area (Å²) in [5.74, 6) is 1.81. The number of halogens is 25. The van der Waals surface area contributed by atoms with Crippen molar-refractivity contribution in [3.05, 3.63) is 258 Å². The molecule has 2 nitrogen and oxygen atoms in total. The number of benzene rings is 10. The van der Waals surface area contributed by atoms with Crippen LogP contribution in [0.25, 0.3) is 65.7 Å². The second-order valence-corrected chi connectivity index (χ2v) is 24.6. The summed E-state index contributed by atoms with van der Waals surface area (Å²) in [7, 11) is 0. The van der Waals surface area contributed by atoms with Gasteiger partial charge in [0.1, 0.15) is 17.7 Å². The quantitative estimate of drug-likeness (QED) is 0.0656. The van der Waals surface area contributed by atoms with E-state index in [2.05, 4.69) is 133 Å². The Kier molecular flexibility index (Phi) is 17.2. The van der Waals surface area contributed by atoms with Gasteiger partial charge in [-0.3, -0.25) is 0 Å². The Balaban J connectivity index is 0.000000207. The van der Waals surface area contributed by atoms with Crippen LogP contribution < -0.4 is 43.1 Å². The molecule has 0 aliphatic rings. The van der Waals surface area contributed by atoms with Crippen molar-refractivity contribution in [1.82, 2.24) is 0 Å². The molecule has 0 fully saturated rings. The van der Waals surface area contributed by atoms with E-state index in [0.29, 0.717) is 0 Å². The van der Waals surface area contributed by atoms with E-state index in [4.69, 9.17) is 8.83 Å². The molecule has 0 aliphatic carbocycles. The molecule has 10 aromatic carbocycles. The molecule has 0 bridgehead atoms. The van der Waals surface area contributed by atoms with Crippen molar-refractivity contribution in [2.75, 3.05) is 0 Å². The van der Waals surface area contributed by atoms with E-state index in [-0.39, 0.29) is 0 Å².